The van der Waals surface area contributed by atoms with E-state index in [0.29, 0.717) is 16.8 Å². The van der Waals surface area contributed by atoms with Crippen molar-refractivity contribution < 1.29 is 18.3 Å². The Bertz CT molecular complexity index is 1520. The fraction of sp³-hybridized carbons (Fsp3) is 0.192. The van der Waals surface area contributed by atoms with E-state index in [1.54, 1.807) is 36.4 Å². The number of para-hydroxylation sites is 1. The van der Waals surface area contributed by atoms with E-state index < -0.39 is 10.0 Å². The molecule has 1 aliphatic rings. The topological polar surface area (TPSA) is 104 Å². The van der Waals surface area contributed by atoms with Crippen molar-refractivity contribution in [1.82, 2.24) is 19.2 Å². The molecule has 0 atom stereocenters. The molecule has 8 nitrogen and oxygen atoms in total. The summed E-state index contributed by atoms with van der Waals surface area (Å²) in [4.78, 5) is 23.9. The van der Waals surface area contributed by atoms with Gasteiger partial charge in [0, 0.05) is 49.5 Å². The zero-order chi connectivity index (χ0) is 24.6. The number of nitrogens with zero attached hydrogens (tertiary/aromatic N) is 4. The molecule has 1 N–H and O–H groups in total. The number of pyridine rings is 2. The van der Waals surface area contributed by atoms with Crippen molar-refractivity contribution in [3.63, 3.8) is 0 Å². The maximum atomic E-state index is 13.6. The van der Waals surface area contributed by atoms with Crippen LogP contribution in [0.3, 0.4) is 0 Å². The third-order valence-corrected chi connectivity index (χ3v) is 8.11. The number of fused-ring (bicyclic) bond motifs is 1. The van der Waals surface area contributed by atoms with Gasteiger partial charge >= 0.3 is 0 Å². The van der Waals surface area contributed by atoms with Gasteiger partial charge in [-0.1, -0.05) is 24.3 Å². The standard InChI is InChI=1S/C26H24N4O4S/c1-18-6-7-24(31)25(16-18)35(33,34)30-14-12-29(13-15-30)26(32)21-17-23(19-8-10-27-11-9-19)28-22-5-3-2-4-20(21)22/h2-11,16-17,31H,12-15H2,1H3. The monoisotopic (exact) mass is 488 g/mol. The number of carbonyl (C=O) groups excluding carboxylic acids is 1. The van der Waals surface area contributed by atoms with E-state index in [-0.39, 0.29) is 42.7 Å². The molecule has 3 heterocycles. The van der Waals surface area contributed by atoms with Gasteiger partial charge in [0.1, 0.15) is 10.6 Å². The van der Waals surface area contributed by atoms with E-state index in [1.165, 1.54) is 16.4 Å². The van der Waals surface area contributed by atoms with Crippen LogP contribution in [-0.2, 0) is 10.0 Å². The number of phenolic OH excluding ortho intramolecular Hbond substituents is 1. The lowest BCUT2D eigenvalue weighted by molar-refractivity contribution is 0.0699. The largest absolute Gasteiger partial charge is 0.507 e. The summed E-state index contributed by atoms with van der Waals surface area (Å²) in [7, 11) is -3.88. The lowest BCUT2D eigenvalue weighted by Crippen LogP contribution is -2.50. The van der Waals surface area contributed by atoms with Gasteiger partial charge in [0.25, 0.3) is 5.91 Å². The molecule has 35 heavy (non-hydrogen) atoms. The van der Waals surface area contributed by atoms with Gasteiger partial charge in [-0.25, -0.2) is 13.4 Å². The minimum Gasteiger partial charge on any atom is -0.507 e. The second-order valence-electron chi connectivity index (χ2n) is 8.48. The number of phenols is 1. The third-order valence-electron chi connectivity index (χ3n) is 6.18. The molecule has 5 rings (SSSR count). The van der Waals surface area contributed by atoms with Crippen molar-refractivity contribution in [3.05, 3.63) is 84.2 Å². The molecule has 4 aromatic rings. The number of aryl methyl sites for hydroxylation is 1. The smallest absolute Gasteiger partial charge is 0.254 e. The number of hydrogen-bond acceptors (Lipinski definition) is 6. The van der Waals surface area contributed by atoms with Crippen LogP contribution in [0.15, 0.2) is 78.0 Å². The SMILES string of the molecule is Cc1ccc(O)c(S(=O)(=O)N2CCN(C(=O)c3cc(-c4ccncc4)nc4ccccc34)CC2)c1. The summed E-state index contributed by atoms with van der Waals surface area (Å²) >= 11 is 0. The van der Waals surface area contributed by atoms with Crippen molar-refractivity contribution in [2.45, 2.75) is 11.8 Å². The van der Waals surface area contributed by atoms with Crippen molar-refractivity contribution >= 4 is 26.8 Å². The lowest BCUT2D eigenvalue weighted by Gasteiger charge is -2.34. The van der Waals surface area contributed by atoms with Crippen LogP contribution < -0.4 is 0 Å². The van der Waals surface area contributed by atoms with Crippen LogP contribution >= 0.6 is 0 Å². The summed E-state index contributed by atoms with van der Waals surface area (Å²) in [6.07, 6.45) is 3.36. The fourth-order valence-electron chi connectivity index (χ4n) is 4.29. The molecule has 0 spiro atoms. The number of piperazine rings is 1. The molecular formula is C26H24N4O4S. The van der Waals surface area contributed by atoms with E-state index >= 15 is 0 Å². The average Bonchev–Trinajstić information content (AvgIpc) is 2.89. The zero-order valence-corrected chi connectivity index (χ0v) is 19.9. The number of carbonyl (C=O) groups is 1. The van der Waals surface area contributed by atoms with Gasteiger partial charge in [0.05, 0.1) is 16.8 Å². The first-order chi connectivity index (χ1) is 16.8. The quantitative estimate of drug-likeness (QED) is 0.472. The average molecular weight is 489 g/mol. The number of aromatic nitrogens is 2. The van der Waals surface area contributed by atoms with Crippen molar-refractivity contribution in [3.8, 4) is 17.0 Å². The Morgan fingerprint density at radius 3 is 2.40 bits per heavy atom. The number of rotatable bonds is 4. The summed E-state index contributed by atoms with van der Waals surface area (Å²) in [5, 5.41) is 10.9. The second-order valence-corrected chi connectivity index (χ2v) is 10.4. The molecule has 1 saturated heterocycles. The maximum absolute atomic E-state index is 13.6. The molecule has 1 amide bonds. The minimum absolute atomic E-state index is 0.112. The van der Waals surface area contributed by atoms with E-state index in [2.05, 4.69) is 4.98 Å². The zero-order valence-electron chi connectivity index (χ0n) is 19.1. The Kier molecular flexibility index (Phi) is 5.96. The molecule has 0 bridgehead atoms. The lowest BCUT2D eigenvalue weighted by atomic mass is 10.0. The van der Waals surface area contributed by atoms with Gasteiger partial charge in [0.15, 0.2) is 0 Å². The van der Waals surface area contributed by atoms with Gasteiger partial charge < -0.3 is 10.0 Å². The van der Waals surface area contributed by atoms with Crippen LogP contribution in [0.4, 0.5) is 0 Å². The molecule has 0 saturated carbocycles. The number of aromatic hydroxyl groups is 1. The summed E-state index contributed by atoms with van der Waals surface area (Å²) < 4.78 is 27.6. The number of benzene rings is 2. The number of hydrogen-bond donors (Lipinski definition) is 1. The van der Waals surface area contributed by atoms with E-state index in [1.807, 2.05) is 36.4 Å². The highest BCUT2D eigenvalue weighted by atomic mass is 32.2. The van der Waals surface area contributed by atoms with Gasteiger partial charge in [0.2, 0.25) is 10.0 Å². The van der Waals surface area contributed by atoms with Crippen LogP contribution in [0.5, 0.6) is 5.75 Å². The number of sulfonamides is 1. The highest BCUT2D eigenvalue weighted by Gasteiger charge is 2.32. The molecule has 2 aromatic carbocycles. The Morgan fingerprint density at radius 2 is 1.66 bits per heavy atom. The molecular weight excluding hydrogens is 464 g/mol. The molecule has 0 radical (unpaired) electrons. The van der Waals surface area contributed by atoms with Gasteiger partial charge in [-0.2, -0.15) is 4.31 Å². The Hall–Kier alpha value is -3.82. The first-order valence-corrected chi connectivity index (χ1v) is 12.7. The normalized spacial score (nSPS) is 14.8. The summed E-state index contributed by atoms with van der Waals surface area (Å²) in [5.41, 5.74) is 3.50. The van der Waals surface area contributed by atoms with Gasteiger partial charge in [-0.3, -0.25) is 9.78 Å². The highest BCUT2D eigenvalue weighted by Crippen LogP contribution is 2.29. The van der Waals surface area contributed by atoms with Crippen LogP contribution in [0, 0.1) is 6.92 Å². The molecule has 0 unspecified atom stereocenters. The molecule has 1 aliphatic heterocycles. The van der Waals surface area contributed by atoms with Crippen molar-refractivity contribution in [2.75, 3.05) is 26.2 Å². The summed E-state index contributed by atoms with van der Waals surface area (Å²) in [6.45, 7) is 2.54. The predicted octanol–water partition coefficient (Wildman–Crippen LogP) is 3.46. The van der Waals surface area contributed by atoms with E-state index in [9.17, 15) is 18.3 Å². The van der Waals surface area contributed by atoms with E-state index in [0.717, 1.165) is 16.5 Å². The van der Waals surface area contributed by atoms with E-state index in [4.69, 9.17) is 4.98 Å². The summed E-state index contributed by atoms with van der Waals surface area (Å²) in [6, 6.07) is 17.5. The van der Waals surface area contributed by atoms with Gasteiger partial charge in [-0.05, 0) is 48.9 Å². The number of amides is 1. The molecule has 9 heteroatoms. The molecule has 0 aliphatic carbocycles. The van der Waals surface area contributed by atoms with Crippen LogP contribution in [0.1, 0.15) is 15.9 Å². The molecule has 2 aromatic heterocycles. The minimum atomic E-state index is -3.88. The highest BCUT2D eigenvalue weighted by molar-refractivity contribution is 7.89. The van der Waals surface area contributed by atoms with Crippen molar-refractivity contribution in [2.24, 2.45) is 0 Å². The fourth-order valence-corrected chi connectivity index (χ4v) is 5.88. The van der Waals surface area contributed by atoms with Gasteiger partial charge in [-0.15, -0.1) is 0 Å². The van der Waals surface area contributed by atoms with Crippen LogP contribution in [0.25, 0.3) is 22.2 Å². The maximum Gasteiger partial charge on any atom is 0.254 e. The Labute approximate surface area is 203 Å². The molecule has 1 fully saturated rings. The van der Waals surface area contributed by atoms with Crippen LogP contribution in [0.2, 0.25) is 0 Å². The first kappa shape index (κ1) is 22.9. The summed E-state index contributed by atoms with van der Waals surface area (Å²) in [5.74, 6) is -0.449. The predicted molar refractivity (Wildman–Crippen MR) is 132 cm³/mol. The first-order valence-electron chi connectivity index (χ1n) is 11.2. The third kappa shape index (κ3) is 4.36. The van der Waals surface area contributed by atoms with Crippen LogP contribution in [-0.4, -0.2) is 64.8 Å². The molecule has 178 valence electrons. The Balaban J connectivity index is 1.42. The van der Waals surface area contributed by atoms with Crippen molar-refractivity contribution in [1.29, 1.82) is 0 Å². The second kappa shape index (κ2) is 9.09. The Morgan fingerprint density at radius 1 is 0.943 bits per heavy atom.